The molecule has 2 rings (SSSR count). The average Bonchev–Trinajstić information content (AvgIpc) is 2.76. The molecule has 4 nitrogen and oxygen atoms in total. The first-order valence-electron chi connectivity index (χ1n) is 5.33. The Bertz CT molecular complexity index is 462. The van der Waals surface area contributed by atoms with Crippen LogP contribution in [0, 0.1) is 0 Å². The van der Waals surface area contributed by atoms with Crippen molar-refractivity contribution in [2.75, 3.05) is 11.5 Å². The highest BCUT2D eigenvalue weighted by Crippen LogP contribution is 2.20. The Morgan fingerprint density at radius 3 is 3.06 bits per heavy atom. The van der Waals surface area contributed by atoms with Crippen molar-refractivity contribution in [3.8, 4) is 0 Å². The number of nitrogens with two attached hydrogens (primary N) is 1. The summed E-state index contributed by atoms with van der Waals surface area (Å²) in [5, 5.41) is 0.985. The SMILES string of the molecule is N/C=N/SCCCSc1nc2ccccc2[nH]1. The molecule has 0 radical (unpaired) electrons. The summed E-state index contributed by atoms with van der Waals surface area (Å²) in [5.41, 5.74) is 7.26. The number of thioether (sulfide) groups is 1. The fraction of sp³-hybridized carbons (Fsp3) is 0.273. The lowest BCUT2D eigenvalue weighted by atomic mass is 10.3. The van der Waals surface area contributed by atoms with Gasteiger partial charge in [0.1, 0.15) is 0 Å². The number of aromatic amines is 1. The van der Waals surface area contributed by atoms with Gasteiger partial charge in [-0.3, -0.25) is 0 Å². The summed E-state index contributed by atoms with van der Waals surface area (Å²) in [7, 11) is 0. The molecule has 0 atom stereocenters. The van der Waals surface area contributed by atoms with E-state index in [9.17, 15) is 0 Å². The van der Waals surface area contributed by atoms with Crippen molar-refractivity contribution in [1.82, 2.24) is 9.97 Å². The Labute approximate surface area is 109 Å². The van der Waals surface area contributed by atoms with E-state index in [0.717, 1.165) is 34.1 Å². The molecule has 1 aromatic carbocycles. The monoisotopic (exact) mass is 266 g/mol. The first kappa shape index (κ1) is 12.3. The minimum atomic E-state index is 0.985. The largest absolute Gasteiger partial charge is 0.389 e. The van der Waals surface area contributed by atoms with Crippen molar-refractivity contribution >= 4 is 41.1 Å². The van der Waals surface area contributed by atoms with Gasteiger partial charge in [-0.25, -0.2) is 9.38 Å². The van der Waals surface area contributed by atoms with Crippen molar-refractivity contribution < 1.29 is 0 Å². The predicted octanol–water partition coefficient (Wildman–Crippen LogP) is 2.68. The third-order valence-electron chi connectivity index (χ3n) is 2.12. The molecule has 0 amide bonds. The van der Waals surface area contributed by atoms with Crippen LogP contribution in [0.25, 0.3) is 11.0 Å². The van der Waals surface area contributed by atoms with E-state index in [1.807, 2.05) is 24.3 Å². The Morgan fingerprint density at radius 2 is 2.24 bits per heavy atom. The van der Waals surface area contributed by atoms with Crippen molar-refractivity contribution in [1.29, 1.82) is 0 Å². The number of nitrogens with zero attached hydrogens (tertiary/aromatic N) is 2. The van der Waals surface area contributed by atoms with Crippen LogP contribution in [0.2, 0.25) is 0 Å². The lowest BCUT2D eigenvalue weighted by Crippen LogP contribution is -1.87. The van der Waals surface area contributed by atoms with Gasteiger partial charge in [0.2, 0.25) is 0 Å². The van der Waals surface area contributed by atoms with Gasteiger partial charge in [-0.1, -0.05) is 23.9 Å². The van der Waals surface area contributed by atoms with Crippen LogP contribution in [-0.4, -0.2) is 27.8 Å². The topological polar surface area (TPSA) is 67.1 Å². The third-order valence-corrected chi connectivity index (χ3v) is 3.82. The second kappa shape index (κ2) is 6.56. The fourth-order valence-corrected chi connectivity index (χ4v) is 2.86. The van der Waals surface area contributed by atoms with Gasteiger partial charge in [0, 0.05) is 11.5 Å². The lowest BCUT2D eigenvalue weighted by molar-refractivity contribution is 1.06. The molecule has 0 unspecified atom stereocenters. The van der Waals surface area contributed by atoms with E-state index in [4.69, 9.17) is 5.73 Å². The molecule has 3 N–H and O–H groups in total. The number of para-hydroxylation sites is 2. The Hall–Kier alpha value is -1.14. The second-order valence-electron chi connectivity index (χ2n) is 3.35. The standard InChI is InChI=1S/C11H14N4S2/c12-8-13-17-7-3-6-16-11-14-9-4-1-2-5-10(9)15-11/h1-2,4-5,8H,3,6-7H2,(H2,12,13)(H,14,15). The lowest BCUT2D eigenvalue weighted by Gasteiger charge is -1.95. The molecule has 0 aliphatic carbocycles. The molecule has 6 heteroatoms. The van der Waals surface area contributed by atoms with Crippen LogP contribution in [-0.2, 0) is 0 Å². The van der Waals surface area contributed by atoms with Crippen molar-refractivity contribution in [3.63, 3.8) is 0 Å². The molecule has 1 aromatic heterocycles. The molecule has 0 saturated carbocycles. The summed E-state index contributed by atoms with van der Waals surface area (Å²) in [5.74, 6) is 2.02. The van der Waals surface area contributed by atoms with Crippen LogP contribution in [0.5, 0.6) is 0 Å². The van der Waals surface area contributed by atoms with Gasteiger partial charge < -0.3 is 10.7 Å². The minimum absolute atomic E-state index is 0.985. The first-order valence-corrected chi connectivity index (χ1v) is 7.26. The molecule has 0 aliphatic rings. The van der Waals surface area contributed by atoms with Gasteiger partial charge in [-0.2, -0.15) is 0 Å². The maximum atomic E-state index is 5.14. The summed E-state index contributed by atoms with van der Waals surface area (Å²) in [6.45, 7) is 0. The van der Waals surface area contributed by atoms with Crippen LogP contribution < -0.4 is 5.73 Å². The maximum Gasteiger partial charge on any atom is 0.166 e. The number of H-pyrrole nitrogens is 1. The van der Waals surface area contributed by atoms with Crippen LogP contribution >= 0.6 is 23.7 Å². The number of hydrogen-bond acceptors (Lipinski definition) is 4. The van der Waals surface area contributed by atoms with E-state index < -0.39 is 0 Å². The molecule has 0 saturated heterocycles. The molecule has 2 aromatic rings. The first-order chi connectivity index (χ1) is 8.40. The van der Waals surface area contributed by atoms with Crippen molar-refractivity contribution in [2.45, 2.75) is 11.6 Å². The fourth-order valence-electron chi connectivity index (χ4n) is 1.39. The van der Waals surface area contributed by atoms with E-state index in [0.29, 0.717) is 0 Å². The van der Waals surface area contributed by atoms with Gasteiger partial charge in [0.15, 0.2) is 5.16 Å². The molecular formula is C11H14N4S2. The predicted molar refractivity (Wildman–Crippen MR) is 76.6 cm³/mol. The Kier molecular flexibility index (Phi) is 4.75. The zero-order valence-electron chi connectivity index (χ0n) is 9.30. The average molecular weight is 266 g/mol. The van der Waals surface area contributed by atoms with Crippen LogP contribution in [0.4, 0.5) is 0 Å². The number of benzene rings is 1. The zero-order valence-corrected chi connectivity index (χ0v) is 10.9. The van der Waals surface area contributed by atoms with Crippen molar-refractivity contribution in [3.05, 3.63) is 24.3 Å². The number of imidazole rings is 1. The summed E-state index contributed by atoms with van der Waals surface area (Å²) in [6.07, 6.45) is 2.42. The smallest absolute Gasteiger partial charge is 0.166 e. The number of aromatic nitrogens is 2. The number of hydrogen-bond donors (Lipinski definition) is 2. The number of nitrogens with one attached hydrogen (secondary N) is 1. The van der Waals surface area contributed by atoms with Gasteiger partial charge in [0.05, 0.1) is 17.4 Å². The summed E-state index contributed by atoms with van der Waals surface area (Å²) in [6, 6.07) is 8.06. The molecular weight excluding hydrogens is 252 g/mol. The molecule has 0 fully saturated rings. The van der Waals surface area contributed by atoms with Gasteiger partial charge in [-0.15, -0.1) is 0 Å². The maximum absolute atomic E-state index is 5.14. The van der Waals surface area contributed by atoms with E-state index in [2.05, 4.69) is 14.4 Å². The van der Waals surface area contributed by atoms with Gasteiger partial charge in [0.25, 0.3) is 0 Å². The van der Waals surface area contributed by atoms with E-state index in [1.54, 1.807) is 11.8 Å². The summed E-state index contributed by atoms with van der Waals surface area (Å²) >= 11 is 3.23. The molecule has 0 spiro atoms. The highest BCUT2D eigenvalue weighted by molar-refractivity contribution is 7.99. The molecule has 1 heterocycles. The van der Waals surface area contributed by atoms with Crippen LogP contribution in [0.15, 0.2) is 33.8 Å². The highest BCUT2D eigenvalue weighted by atomic mass is 32.2. The van der Waals surface area contributed by atoms with Crippen molar-refractivity contribution in [2.24, 2.45) is 10.1 Å². The Morgan fingerprint density at radius 1 is 1.35 bits per heavy atom. The summed E-state index contributed by atoms with van der Waals surface area (Å²) < 4.78 is 3.89. The van der Waals surface area contributed by atoms with Crippen LogP contribution in [0.1, 0.15) is 6.42 Å². The molecule has 90 valence electrons. The zero-order chi connectivity index (χ0) is 11.9. The van der Waals surface area contributed by atoms with E-state index in [-0.39, 0.29) is 0 Å². The van der Waals surface area contributed by atoms with Gasteiger partial charge in [-0.05, 0) is 30.5 Å². The Balaban J connectivity index is 1.79. The normalized spacial score (nSPS) is 11.5. The highest BCUT2D eigenvalue weighted by Gasteiger charge is 2.01. The molecule has 0 bridgehead atoms. The van der Waals surface area contributed by atoms with E-state index in [1.165, 1.54) is 18.3 Å². The molecule has 0 aliphatic heterocycles. The van der Waals surface area contributed by atoms with Gasteiger partial charge >= 0.3 is 0 Å². The molecule has 17 heavy (non-hydrogen) atoms. The quantitative estimate of drug-likeness (QED) is 0.277. The third kappa shape index (κ3) is 3.67. The van der Waals surface area contributed by atoms with E-state index >= 15 is 0 Å². The second-order valence-corrected chi connectivity index (χ2v) is 5.31. The van der Waals surface area contributed by atoms with Crippen LogP contribution in [0.3, 0.4) is 0 Å². The number of fused-ring (bicyclic) bond motifs is 1. The summed E-state index contributed by atoms with van der Waals surface area (Å²) in [4.78, 5) is 7.79. The number of rotatable bonds is 6. The minimum Gasteiger partial charge on any atom is -0.389 e.